The quantitative estimate of drug-likeness (QED) is 0.194. The molecule has 4 aromatic rings. The topological polar surface area (TPSA) is 96.0 Å². The summed E-state index contributed by atoms with van der Waals surface area (Å²) in [5, 5.41) is 2.81. The second-order valence-corrected chi connectivity index (χ2v) is 10.0. The van der Waals surface area contributed by atoms with Gasteiger partial charge in [-0.25, -0.2) is 14.6 Å². The number of urea groups is 1. The standard InChI is InChI=1S/C32H24BrN3O5/c1-21-10-8-9-15-27(21)34-29(37)20-41-28-17-16-23(33)18-22(28)19-26-30(38)35(24-11-4-2-5-12-24)32(40)36(31(26)39)25-13-6-3-7-14-25/h2-19H,20H2,1H3,(H,34,37). The second-order valence-electron chi connectivity index (χ2n) is 9.13. The van der Waals surface area contributed by atoms with Gasteiger partial charge in [0.05, 0.1) is 11.4 Å². The van der Waals surface area contributed by atoms with Gasteiger partial charge < -0.3 is 10.1 Å². The zero-order valence-electron chi connectivity index (χ0n) is 21.9. The number of amides is 5. The third-order valence-corrected chi connectivity index (χ3v) is 6.82. The van der Waals surface area contributed by atoms with Crippen LogP contribution in [0.1, 0.15) is 11.1 Å². The van der Waals surface area contributed by atoms with Crippen LogP contribution in [0.2, 0.25) is 0 Å². The third-order valence-electron chi connectivity index (χ3n) is 6.33. The number of carbonyl (C=O) groups excluding carboxylic acids is 4. The summed E-state index contributed by atoms with van der Waals surface area (Å²) in [6.45, 7) is 1.58. The van der Waals surface area contributed by atoms with Gasteiger partial charge in [-0.2, -0.15) is 0 Å². The minimum Gasteiger partial charge on any atom is -0.483 e. The first-order valence-corrected chi connectivity index (χ1v) is 13.5. The van der Waals surface area contributed by atoms with Crippen LogP contribution in [0, 0.1) is 6.92 Å². The van der Waals surface area contributed by atoms with Gasteiger partial charge in [0.25, 0.3) is 17.7 Å². The minimum atomic E-state index is -0.784. The van der Waals surface area contributed by atoms with Crippen molar-refractivity contribution in [1.29, 1.82) is 0 Å². The Morgan fingerprint density at radius 3 is 1.95 bits per heavy atom. The van der Waals surface area contributed by atoms with Crippen molar-refractivity contribution in [2.24, 2.45) is 0 Å². The molecule has 0 saturated carbocycles. The van der Waals surface area contributed by atoms with E-state index in [9.17, 15) is 19.2 Å². The van der Waals surface area contributed by atoms with Crippen molar-refractivity contribution in [3.63, 3.8) is 0 Å². The van der Waals surface area contributed by atoms with Crippen LogP contribution >= 0.6 is 15.9 Å². The number of imide groups is 2. The molecule has 1 N–H and O–H groups in total. The van der Waals surface area contributed by atoms with E-state index >= 15 is 0 Å². The van der Waals surface area contributed by atoms with Crippen LogP contribution in [-0.2, 0) is 14.4 Å². The fourth-order valence-corrected chi connectivity index (χ4v) is 4.68. The van der Waals surface area contributed by atoms with Gasteiger partial charge in [-0.1, -0.05) is 70.5 Å². The van der Waals surface area contributed by atoms with Crippen LogP contribution in [0.3, 0.4) is 0 Å². The zero-order chi connectivity index (χ0) is 28.9. The van der Waals surface area contributed by atoms with Crippen molar-refractivity contribution < 1.29 is 23.9 Å². The number of barbiturate groups is 1. The number of para-hydroxylation sites is 3. The summed E-state index contributed by atoms with van der Waals surface area (Å²) in [6, 6.07) is 28.4. The van der Waals surface area contributed by atoms with Crippen molar-refractivity contribution in [3.8, 4) is 5.75 Å². The number of nitrogens with one attached hydrogen (secondary N) is 1. The molecule has 204 valence electrons. The molecule has 1 heterocycles. The summed E-state index contributed by atoms with van der Waals surface area (Å²) >= 11 is 3.42. The van der Waals surface area contributed by atoms with Crippen molar-refractivity contribution in [3.05, 3.63) is 124 Å². The first-order chi connectivity index (χ1) is 19.8. The van der Waals surface area contributed by atoms with Crippen LogP contribution in [0.25, 0.3) is 6.08 Å². The second kappa shape index (κ2) is 12.0. The Balaban J connectivity index is 1.50. The van der Waals surface area contributed by atoms with E-state index in [2.05, 4.69) is 21.2 Å². The molecule has 0 aromatic heterocycles. The maximum Gasteiger partial charge on any atom is 0.343 e. The van der Waals surface area contributed by atoms with Gasteiger partial charge in [0.2, 0.25) is 0 Å². The fraction of sp³-hybridized carbons (Fsp3) is 0.0625. The number of anilines is 3. The first kappa shape index (κ1) is 27.5. The van der Waals surface area contributed by atoms with Crippen molar-refractivity contribution in [2.45, 2.75) is 6.92 Å². The van der Waals surface area contributed by atoms with Crippen LogP contribution in [0.5, 0.6) is 5.75 Å². The molecule has 1 saturated heterocycles. The van der Waals surface area contributed by atoms with Crippen molar-refractivity contribution in [1.82, 2.24) is 0 Å². The number of hydrogen-bond donors (Lipinski definition) is 1. The molecule has 9 heteroatoms. The highest BCUT2D eigenvalue weighted by atomic mass is 79.9. The predicted molar refractivity (Wildman–Crippen MR) is 161 cm³/mol. The first-order valence-electron chi connectivity index (χ1n) is 12.7. The minimum absolute atomic E-state index is 0.246. The molecule has 0 atom stereocenters. The number of rotatable bonds is 7. The van der Waals surface area contributed by atoms with E-state index in [0.717, 1.165) is 15.4 Å². The van der Waals surface area contributed by atoms with E-state index in [1.165, 1.54) is 6.08 Å². The van der Waals surface area contributed by atoms with Gasteiger partial charge in [0.1, 0.15) is 11.3 Å². The van der Waals surface area contributed by atoms with Gasteiger partial charge in [0.15, 0.2) is 6.61 Å². The van der Waals surface area contributed by atoms with Gasteiger partial charge in [-0.05, 0) is 67.1 Å². The fourth-order valence-electron chi connectivity index (χ4n) is 4.30. The molecule has 0 radical (unpaired) electrons. The van der Waals surface area contributed by atoms with E-state index in [1.54, 1.807) is 84.9 Å². The number of aryl methyl sites for hydroxylation is 1. The molecule has 0 bridgehead atoms. The Morgan fingerprint density at radius 2 is 1.37 bits per heavy atom. The molecule has 0 unspecified atom stereocenters. The monoisotopic (exact) mass is 609 g/mol. The molecule has 5 rings (SSSR count). The maximum atomic E-state index is 13.7. The molecular weight excluding hydrogens is 586 g/mol. The lowest BCUT2D eigenvalue weighted by Gasteiger charge is -2.34. The summed E-state index contributed by atoms with van der Waals surface area (Å²) in [5.74, 6) is -1.65. The number of nitrogens with zero attached hydrogens (tertiary/aromatic N) is 2. The van der Waals surface area contributed by atoms with E-state index in [-0.39, 0.29) is 23.8 Å². The van der Waals surface area contributed by atoms with Crippen LogP contribution in [0.4, 0.5) is 21.9 Å². The Bertz CT molecular complexity index is 1610. The number of hydrogen-bond acceptors (Lipinski definition) is 5. The number of benzene rings is 4. The van der Waals surface area contributed by atoms with Gasteiger partial charge >= 0.3 is 6.03 Å². The smallest absolute Gasteiger partial charge is 0.343 e. The molecule has 4 aromatic carbocycles. The van der Waals surface area contributed by atoms with Crippen LogP contribution in [0.15, 0.2) is 113 Å². The Morgan fingerprint density at radius 1 is 0.805 bits per heavy atom. The summed E-state index contributed by atoms with van der Waals surface area (Å²) < 4.78 is 6.49. The summed E-state index contributed by atoms with van der Waals surface area (Å²) in [5.41, 5.74) is 2.34. The lowest BCUT2D eigenvalue weighted by molar-refractivity contribution is -0.121. The third kappa shape index (κ3) is 5.95. The van der Waals surface area contributed by atoms with E-state index in [1.807, 2.05) is 25.1 Å². The average molecular weight is 610 g/mol. The number of ether oxygens (including phenoxy) is 1. The Hall–Kier alpha value is -5.02. The molecule has 1 aliphatic rings. The zero-order valence-corrected chi connectivity index (χ0v) is 23.5. The van der Waals surface area contributed by atoms with E-state index < -0.39 is 17.8 Å². The Kier molecular flexibility index (Phi) is 8.07. The van der Waals surface area contributed by atoms with E-state index in [4.69, 9.17) is 4.74 Å². The highest BCUT2D eigenvalue weighted by Gasteiger charge is 2.43. The molecule has 1 aliphatic heterocycles. The summed E-state index contributed by atoms with van der Waals surface area (Å²) in [7, 11) is 0. The molecular formula is C32H24BrN3O5. The summed E-state index contributed by atoms with van der Waals surface area (Å²) in [6.07, 6.45) is 1.38. The van der Waals surface area contributed by atoms with E-state index in [0.29, 0.717) is 27.1 Å². The number of halogens is 1. The van der Waals surface area contributed by atoms with Crippen molar-refractivity contribution in [2.75, 3.05) is 21.7 Å². The lowest BCUT2D eigenvalue weighted by atomic mass is 10.0. The van der Waals surface area contributed by atoms with Gasteiger partial charge in [-0.15, -0.1) is 0 Å². The SMILES string of the molecule is Cc1ccccc1NC(=O)COc1ccc(Br)cc1C=C1C(=O)N(c2ccccc2)C(=O)N(c2ccccc2)C1=O. The molecule has 0 aliphatic carbocycles. The Labute approximate surface area is 245 Å². The molecule has 1 fully saturated rings. The molecule has 5 amide bonds. The maximum absolute atomic E-state index is 13.7. The highest BCUT2D eigenvalue weighted by molar-refractivity contribution is 9.10. The van der Waals surface area contributed by atoms with Crippen molar-refractivity contribution >= 4 is 62.8 Å². The molecule has 0 spiro atoms. The van der Waals surface area contributed by atoms with Gasteiger partial charge in [0, 0.05) is 15.7 Å². The average Bonchev–Trinajstić information content (AvgIpc) is 2.97. The lowest BCUT2D eigenvalue weighted by Crippen LogP contribution is -2.57. The van der Waals surface area contributed by atoms with Crippen LogP contribution in [-0.4, -0.2) is 30.4 Å². The van der Waals surface area contributed by atoms with Gasteiger partial charge in [-0.3, -0.25) is 14.4 Å². The van der Waals surface area contributed by atoms with Crippen LogP contribution < -0.4 is 19.9 Å². The number of carbonyl (C=O) groups is 4. The highest BCUT2D eigenvalue weighted by Crippen LogP contribution is 2.32. The predicted octanol–water partition coefficient (Wildman–Crippen LogP) is 6.36. The summed E-state index contributed by atoms with van der Waals surface area (Å²) in [4.78, 5) is 55.5. The largest absolute Gasteiger partial charge is 0.483 e. The molecule has 41 heavy (non-hydrogen) atoms. The molecule has 8 nitrogen and oxygen atoms in total. The normalized spacial score (nSPS) is 13.3.